The Morgan fingerprint density at radius 3 is 2.41 bits per heavy atom. The average Bonchev–Trinajstić information content (AvgIpc) is 2.53. The van der Waals surface area contributed by atoms with Crippen LogP contribution in [0.5, 0.6) is 5.75 Å². The molecule has 22 heavy (non-hydrogen) atoms. The van der Waals surface area contributed by atoms with E-state index >= 15 is 0 Å². The molecule has 4 heteroatoms. The van der Waals surface area contributed by atoms with Gasteiger partial charge in [0.1, 0.15) is 5.75 Å². The van der Waals surface area contributed by atoms with Gasteiger partial charge in [-0.05, 0) is 42.3 Å². The van der Waals surface area contributed by atoms with Crippen LogP contribution in [0.2, 0.25) is 0 Å². The molecular weight excluding hydrogens is 276 g/mol. The lowest BCUT2D eigenvalue weighted by molar-refractivity contribution is 0.125. The molecule has 116 valence electrons. The van der Waals surface area contributed by atoms with Crippen molar-refractivity contribution in [1.29, 1.82) is 0 Å². The number of aliphatic hydroxyl groups excluding tert-OH is 1. The lowest BCUT2D eigenvalue weighted by Gasteiger charge is -2.20. The summed E-state index contributed by atoms with van der Waals surface area (Å²) < 4.78 is 5.14. The maximum Gasteiger partial charge on any atom is 0.118 e. The molecule has 1 unspecified atom stereocenters. The van der Waals surface area contributed by atoms with Gasteiger partial charge in [-0.2, -0.15) is 5.10 Å². The number of hydrazone groups is 1. The van der Waals surface area contributed by atoms with Crippen molar-refractivity contribution in [2.24, 2.45) is 5.10 Å². The summed E-state index contributed by atoms with van der Waals surface area (Å²) in [7, 11) is 1.65. The Morgan fingerprint density at radius 2 is 1.82 bits per heavy atom. The summed E-state index contributed by atoms with van der Waals surface area (Å²) >= 11 is 0. The third-order valence-electron chi connectivity index (χ3n) is 3.17. The molecule has 0 aromatic heterocycles. The van der Waals surface area contributed by atoms with Crippen LogP contribution in [0.1, 0.15) is 18.1 Å². The van der Waals surface area contributed by atoms with E-state index in [9.17, 15) is 5.11 Å². The second-order valence-corrected chi connectivity index (χ2v) is 5.20. The molecular formula is C18H22N2O2. The molecule has 0 radical (unpaired) electrons. The Balaban J connectivity index is 2.06. The van der Waals surface area contributed by atoms with E-state index in [4.69, 9.17) is 4.74 Å². The molecule has 0 bridgehead atoms. The van der Waals surface area contributed by atoms with Crippen LogP contribution in [-0.4, -0.2) is 36.1 Å². The summed E-state index contributed by atoms with van der Waals surface area (Å²) in [4.78, 5) is 0. The third-order valence-corrected chi connectivity index (χ3v) is 3.17. The van der Waals surface area contributed by atoms with Crippen LogP contribution in [0.4, 0.5) is 0 Å². The number of ether oxygens (including phenoxy) is 1. The zero-order chi connectivity index (χ0) is 15.8. The summed E-state index contributed by atoms with van der Waals surface area (Å²) in [5, 5.41) is 16.0. The highest BCUT2D eigenvalue weighted by atomic mass is 16.5. The van der Waals surface area contributed by atoms with E-state index in [0.29, 0.717) is 13.1 Å². The normalized spacial score (nSPS) is 12.3. The van der Waals surface area contributed by atoms with Gasteiger partial charge in [0, 0.05) is 0 Å². The predicted molar refractivity (Wildman–Crippen MR) is 89.1 cm³/mol. The van der Waals surface area contributed by atoms with Crippen LogP contribution in [0.15, 0.2) is 59.7 Å². The molecule has 1 atom stereocenters. The van der Waals surface area contributed by atoms with E-state index < -0.39 is 6.10 Å². The lowest BCUT2D eigenvalue weighted by atomic mass is 10.2. The van der Waals surface area contributed by atoms with E-state index in [2.05, 4.69) is 17.2 Å². The molecule has 0 fully saturated rings. The molecule has 4 nitrogen and oxygen atoms in total. The zero-order valence-corrected chi connectivity index (χ0v) is 13.0. The van der Waals surface area contributed by atoms with Gasteiger partial charge in [0.25, 0.3) is 0 Å². The molecule has 0 aliphatic carbocycles. The first kappa shape index (κ1) is 16.0. The van der Waals surface area contributed by atoms with Gasteiger partial charge < -0.3 is 9.84 Å². The molecule has 2 rings (SSSR count). The maximum absolute atomic E-state index is 9.63. The number of methoxy groups -OCH3 is 1. The van der Waals surface area contributed by atoms with Gasteiger partial charge in [0.15, 0.2) is 0 Å². The van der Waals surface area contributed by atoms with Crippen molar-refractivity contribution in [2.45, 2.75) is 19.6 Å². The molecule has 1 N–H and O–H groups in total. The fourth-order valence-corrected chi connectivity index (χ4v) is 2.09. The Labute approximate surface area is 131 Å². The highest BCUT2D eigenvalue weighted by Crippen LogP contribution is 2.11. The zero-order valence-electron chi connectivity index (χ0n) is 13.0. The fraction of sp³-hybridized carbons (Fsp3) is 0.278. The number of hydrogen-bond acceptors (Lipinski definition) is 4. The third kappa shape index (κ3) is 5.22. The topological polar surface area (TPSA) is 45.1 Å². The maximum atomic E-state index is 9.63. The summed E-state index contributed by atoms with van der Waals surface area (Å²) in [6.07, 6.45) is 1.36. The number of benzene rings is 2. The van der Waals surface area contributed by atoms with Crippen LogP contribution in [-0.2, 0) is 6.54 Å². The number of hydrogen-bond donors (Lipinski definition) is 1. The Kier molecular flexibility index (Phi) is 5.98. The summed E-state index contributed by atoms with van der Waals surface area (Å²) in [5.41, 5.74) is 2.15. The second-order valence-electron chi connectivity index (χ2n) is 5.20. The van der Waals surface area contributed by atoms with Crippen molar-refractivity contribution in [3.05, 3.63) is 65.7 Å². The van der Waals surface area contributed by atoms with Gasteiger partial charge in [0.05, 0.1) is 32.5 Å². The van der Waals surface area contributed by atoms with Crippen LogP contribution in [0, 0.1) is 0 Å². The summed E-state index contributed by atoms with van der Waals surface area (Å²) in [6, 6.07) is 17.8. The van der Waals surface area contributed by atoms with Crippen LogP contribution in [0.25, 0.3) is 0 Å². The molecule has 0 spiro atoms. The van der Waals surface area contributed by atoms with Gasteiger partial charge in [-0.15, -0.1) is 0 Å². The van der Waals surface area contributed by atoms with Crippen molar-refractivity contribution in [2.75, 3.05) is 13.7 Å². The fourth-order valence-electron chi connectivity index (χ4n) is 2.09. The largest absolute Gasteiger partial charge is 0.497 e. The molecule has 0 saturated carbocycles. The molecule has 0 aliphatic heterocycles. The molecule has 0 aliphatic rings. The Bertz CT molecular complexity index is 580. The number of aliphatic hydroxyl groups is 1. The van der Waals surface area contributed by atoms with Gasteiger partial charge in [-0.3, -0.25) is 5.01 Å². The van der Waals surface area contributed by atoms with Gasteiger partial charge in [-0.25, -0.2) is 0 Å². The molecule has 0 amide bonds. The van der Waals surface area contributed by atoms with Crippen molar-refractivity contribution >= 4 is 6.21 Å². The highest BCUT2D eigenvalue weighted by Gasteiger charge is 2.06. The van der Waals surface area contributed by atoms with E-state index in [1.165, 1.54) is 0 Å². The predicted octanol–water partition coefficient (Wildman–Crippen LogP) is 2.91. The summed E-state index contributed by atoms with van der Waals surface area (Å²) in [5.74, 6) is 0.822. The quantitative estimate of drug-likeness (QED) is 0.631. The van der Waals surface area contributed by atoms with E-state index in [-0.39, 0.29) is 0 Å². The van der Waals surface area contributed by atoms with E-state index in [0.717, 1.165) is 16.9 Å². The average molecular weight is 298 g/mol. The van der Waals surface area contributed by atoms with Gasteiger partial charge in [0.2, 0.25) is 0 Å². The minimum Gasteiger partial charge on any atom is -0.497 e. The highest BCUT2D eigenvalue weighted by molar-refractivity contribution is 5.79. The number of nitrogens with zero attached hydrogens (tertiary/aromatic N) is 2. The van der Waals surface area contributed by atoms with Gasteiger partial charge in [-0.1, -0.05) is 30.3 Å². The van der Waals surface area contributed by atoms with E-state index in [1.807, 2.05) is 47.5 Å². The monoisotopic (exact) mass is 298 g/mol. The first-order valence-corrected chi connectivity index (χ1v) is 7.32. The van der Waals surface area contributed by atoms with Crippen molar-refractivity contribution in [3.8, 4) is 5.75 Å². The Hall–Kier alpha value is -2.33. The minimum atomic E-state index is -0.434. The van der Waals surface area contributed by atoms with E-state index in [1.54, 1.807) is 20.2 Å². The van der Waals surface area contributed by atoms with Gasteiger partial charge >= 0.3 is 0 Å². The SMILES string of the molecule is COc1ccc(/C=N\N(Cc2ccccc2)CC(C)O)cc1. The molecule has 2 aromatic rings. The molecule has 2 aromatic carbocycles. The van der Waals surface area contributed by atoms with Crippen molar-refractivity contribution in [3.63, 3.8) is 0 Å². The van der Waals surface area contributed by atoms with Crippen LogP contribution in [0.3, 0.4) is 0 Å². The minimum absolute atomic E-state index is 0.434. The van der Waals surface area contributed by atoms with Crippen molar-refractivity contribution in [1.82, 2.24) is 5.01 Å². The summed E-state index contributed by atoms with van der Waals surface area (Å²) in [6.45, 7) is 2.92. The van der Waals surface area contributed by atoms with Crippen LogP contribution < -0.4 is 4.74 Å². The first-order chi connectivity index (χ1) is 10.7. The standard InChI is InChI=1S/C18H22N2O2/c1-15(21)13-20(14-17-6-4-3-5-7-17)19-12-16-8-10-18(22-2)11-9-16/h3-12,15,21H,13-14H2,1-2H3/b19-12-. The number of rotatable bonds is 7. The Morgan fingerprint density at radius 1 is 1.14 bits per heavy atom. The molecule has 0 saturated heterocycles. The van der Waals surface area contributed by atoms with Crippen molar-refractivity contribution < 1.29 is 9.84 Å². The second kappa shape index (κ2) is 8.20. The van der Waals surface area contributed by atoms with Crippen LogP contribution >= 0.6 is 0 Å². The first-order valence-electron chi connectivity index (χ1n) is 7.32. The smallest absolute Gasteiger partial charge is 0.118 e. The lowest BCUT2D eigenvalue weighted by Crippen LogP contribution is -2.26. The molecule has 0 heterocycles.